The Labute approximate surface area is 197 Å². The van der Waals surface area contributed by atoms with Crippen LogP contribution in [0.1, 0.15) is 45.4 Å². The standard InChI is InChI=1S/C26H22Cl2N2O2/c1-32-25(31)18-6-2-5-17(12-18)24-26(15-30-23-14-20(28)8-9-22(23)26)21(10-11-29-24)16-4-3-7-19(27)13-16/h2-9,12-15,21,24,29H,10-11H2,1H3/t21-,24+,26-/m0/s1. The number of rotatable bonds is 3. The summed E-state index contributed by atoms with van der Waals surface area (Å²) in [6.45, 7) is 0.822. The van der Waals surface area contributed by atoms with Crippen LogP contribution >= 0.6 is 23.2 Å². The Hall–Kier alpha value is -2.66. The minimum absolute atomic E-state index is 0.101. The number of fused-ring (bicyclic) bond motifs is 2. The van der Waals surface area contributed by atoms with E-state index in [-0.39, 0.29) is 17.9 Å². The molecule has 3 aromatic rings. The van der Waals surface area contributed by atoms with Crippen molar-refractivity contribution in [3.8, 4) is 0 Å². The highest BCUT2D eigenvalue weighted by Gasteiger charge is 2.52. The predicted octanol–water partition coefficient (Wildman–Crippen LogP) is 6.25. The van der Waals surface area contributed by atoms with E-state index in [0.29, 0.717) is 15.6 Å². The molecule has 3 aromatic carbocycles. The fraction of sp³-hybridized carbons (Fsp3) is 0.231. The van der Waals surface area contributed by atoms with Gasteiger partial charge < -0.3 is 10.1 Å². The molecule has 0 radical (unpaired) electrons. The van der Waals surface area contributed by atoms with Gasteiger partial charge in [-0.2, -0.15) is 0 Å². The fourth-order valence-corrected chi connectivity index (χ4v) is 5.60. The van der Waals surface area contributed by atoms with E-state index in [4.69, 9.17) is 32.9 Å². The summed E-state index contributed by atoms with van der Waals surface area (Å²) in [6, 6.07) is 21.5. The molecular formula is C26H22Cl2N2O2. The van der Waals surface area contributed by atoms with Crippen molar-refractivity contribution in [2.75, 3.05) is 13.7 Å². The van der Waals surface area contributed by atoms with Gasteiger partial charge in [0.05, 0.1) is 23.8 Å². The Morgan fingerprint density at radius 1 is 1.03 bits per heavy atom. The molecule has 0 saturated carbocycles. The van der Waals surface area contributed by atoms with Crippen LogP contribution in [0.5, 0.6) is 0 Å². The lowest BCUT2D eigenvalue weighted by Gasteiger charge is -2.47. The Balaban J connectivity index is 1.71. The normalized spacial score (nSPS) is 23.8. The van der Waals surface area contributed by atoms with Gasteiger partial charge in [-0.25, -0.2) is 4.79 Å². The molecule has 2 aliphatic heterocycles. The highest BCUT2D eigenvalue weighted by Crippen LogP contribution is 2.56. The van der Waals surface area contributed by atoms with Crippen LogP contribution in [0.15, 0.2) is 71.7 Å². The van der Waals surface area contributed by atoms with Crippen molar-refractivity contribution in [2.45, 2.75) is 23.8 Å². The lowest BCUT2D eigenvalue weighted by atomic mass is 9.60. The van der Waals surface area contributed by atoms with Crippen molar-refractivity contribution < 1.29 is 9.53 Å². The van der Waals surface area contributed by atoms with Gasteiger partial charge in [-0.3, -0.25) is 4.99 Å². The largest absolute Gasteiger partial charge is 0.465 e. The maximum absolute atomic E-state index is 12.2. The third-order valence-corrected chi connectivity index (χ3v) is 7.04. The number of piperidine rings is 1. The molecule has 1 saturated heterocycles. The maximum Gasteiger partial charge on any atom is 0.337 e. The first-order chi connectivity index (χ1) is 15.5. The zero-order chi connectivity index (χ0) is 22.3. The monoisotopic (exact) mass is 464 g/mol. The van der Waals surface area contributed by atoms with Gasteiger partial charge in [-0.15, -0.1) is 0 Å². The molecule has 162 valence electrons. The van der Waals surface area contributed by atoms with Crippen LogP contribution < -0.4 is 5.32 Å². The number of nitrogens with zero attached hydrogens (tertiary/aromatic N) is 1. The number of hydrogen-bond donors (Lipinski definition) is 1. The van der Waals surface area contributed by atoms with Crippen molar-refractivity contribution in [1.82, 2.24) is 5.32 Å². The maximum atomic E-state index is 12.2. The number of benzene rings is 3. The van der Waals surface area contributed by atoms with E-state index in [1.54, 1.807) is 6.07 Å². The van der Waals surface area contributed by atoms with E-state index in [1.807, 2.05) is 48.5 Å². The van der Waals surface area contributed by atoms with E-state index in [2.05, 4.69) is 23.7 Å². The second-order valence-corrected chi connectivity index (χ2v) is 9.13. The zero-order valence-corrected chi connectivity index (χ0v) is 19.0. The number of methoxy groups -OCH3 is 1. The summed E-state index contributed by atoms with van der Waals surface area (Å²) in [5, 5.41) is 5.09. The van der Waals surface area contributed by atoms with Gasteiger partial charge in [0, 0.05) is 28.2 Å². The van der Waals surface area contributed by atoms with Crippen molar-refractivity contribution in [3.05, 3.63) is 99.0 Å². The van der Waals surface area contributed by atoms with Crippen molar-refractivity contribution in [2.24, 2.45) is 4.99 Å². The number of esters is 1. The van der Waals surface area contributed by atoms with E-state index in [9.17, 15) is 4.79 Å². The molecule has 0 aliphatic carbocycles. The lowest BCUT2D eigenvalue weighted by Crippen LogP contribution is -2.51. The van der Waals surface area contributed by atoms with Gasteiger partial charge in [-0.1, -0.05) is 53.5 Å². The summed E-state index contributed by atoms with van der Waals surface area (Å²) in [5.41, 5.74) is 4.24. The average molecular weight is 465 g/mol. The second-order valence-electron chi connectivity index (χ2n) is 8.25. The summed E-state index contributed by atoms with van der Waals surface area (Å²) in [4.78, 5) is 17.0. The van der Waals surface area contributed by atoms with Gasteiger partial charge in [0.2, 0.25) is 0 Å². The Morgan fingerprint density at radius 2 is 1.81 bits per heavy atom. The van der Waals surface area contributed by atoms with Gasteiger partial charge in [0.1, 0.15) is 0 Å². The number of aliphatic imine (C=N–C) groups is 1. The number of hydrogen-bond acceptors (Lipinski definition) is 4. The SMILES string of the molecule is COC(=O)c1cccc([C@H]2NCC[C@@H](c3cccc(Cl)c3)[C@]23C=Nc2cc(Cl)ccc23)c1. The van der Waals surface area contributed by atoms with Crippen LogP contribution in [0.25, 0.3) is 0 Å². The van der Waals surface area contributed by atoms with Crippen LogP contribution in [0, 0.1) is 0 Å². The highest BCUT2D eigenvalue weighted by atomic mass is 35.5. The van der Waals surface area contributed by atoms with E-state index in [1.165, 1.54) is 12.7 Å². The molecule has 0 aromatic heterocycles. The molecule has 32 heavy (non-hydrogen) atoms. The van der Waals surface area contributed by atoms with Gasteiger partial charge in [0.15, 0.2) is 0 Å². The molecule has 1 spiro atoms. The third-order valence-electron chi connectivity index (χ3n) is 6.57. The van der Waals surface area contributed by atoms with Crippen molar-refractivity contribution in [1.29, 1.82) is 0 Å². The van der Waals surface area contributed by atoms with Gasteiger partial charge in [-0.05, 0) is 66.1 Å². The molecule has 0 unspecified atom stereocenters. The zero-order valence-electron chi connectivity index (χ0n) is 17.5. The molecule has 4 nitrogen and oxygen atoms in total. The minimum Gasteiger partial charge on any atom is -0.465 e. The van der Waals surface area contributed by atoms with Crippen LogP contribution in [-0.2, 0) is 10.2 Å². The molecule has 2 aliphatic rings. The van der Waals surface area contributed by atoms with E-state index in [0.717, 1.165) is 29.8 Å². The number of halogens is 2. The summed E-state index contributed by atoms with van der Waals surface area (Å²) in [5.74, 6) is -0.212. The fourth-order valence-electron chi connectivity index (χ4n) is 5.23. The number of nitrogens with one attached hydrogen (secondary N) is 1. The molecule has 3 atom stereocenters. The minimum atomic E-state index is -0.461. The Bertz CT molecular complexity index is 1230. The number of carbonyl (C=O) groups is 1. The van der Waals surface area contributed by atoms with Crippen LogP contribution in [-0.4, -0.2) is 25.8 Å². The second kappa shape index (κ2) is 8.36. The summed E-state index contributed by atoms with van der Waals surface area (Å²) >= 11 is 12.7. The third kappa shape index (κ3) is 3.43. The molecule has 0 amide bonds. The van der Waals surface area contributed by atoms with Crippen LogP contribution in [0.2, 0.25) is 10.0 Å². The topological polar surface area (TPSA) is 50.7 Å². The summed E-state index contributed by atoms with van der Waals surface area (Å²) in [6.07, 6.45) is 2.98. The highest BCUT2D eigenvalue weighted by molar-refractivity contribution is 6.31. The Kier molecular flexibility index (Phi) is 5.54. The molecule has 1 fully saturated rings. The summed E-state index contributed by atoms with van der Waals surface area (Å²) in [7, 11) is 1.40. The molecular weight excluding hydrogens is 443 g/mol. The molecule has 2 heterocycles. The smallest absolute Gasteiger partial charge is 0.337 e. The predicted molar refractivity (Wildman–Crippen MR) is 129 cm³/mol. The van der Waals surface area contributed by atoms with Crippen molar-refractivity contribution >= 4 is 41.1 Å². The van der Waals surface area contributed by atoms with E-state index >= 15 is 0 Å². The average Bonchev–Trinajstić information content (AvgIpc) is 3.17. The van der Waals surface area contributed by atoms with E-state index < -0.39 is 5.41 Å². The van der Waals surface area contributed by atoms with Crippen molar-refractivity contribution in [3.63, 3.8) is 0 Å². The quantitative estimate of drug-likeness (QED) is 0.465. The van der Waals surface area contributed by atoms with Gasteiger partial charge >= 0.3 is 5.97 Å². The first-order valence-electron chi connectivity index (χ1n) is 10.6. The Morgan fingerprint density at radius 3 is 2.62 bits per heavy atom. The summed E-state index contributed by atoms with van der Waals surface area (Å²) < 4.78 is 4.95. The molecule has 5 rings (SSSR count). The van der Waals surface area contributed by atoms with Crippen LogP contribution in [0.4, 0.5) is 5.69 Å². The number of ether oxygens (including phenoxy) is 1. The van der Waals surface area contributed by atoms with Gasteiger partial charge in [0.25, 0.3) is 0 Å². The molecule has 1 N–H and O–H groups in total. The first-order valence-corrected chi connectivity index (χ1v) is 11.3. The molecule has 6 heteroatoms. The lowest BCUT2D eigenvalue weighted by molar-refractivity contribution is 0.0600. The van der Waals surface area contributed by atoms with Crippen LogP contribution in [0.3, 0.4) is 0 Å². The first kappa shape index (κ1) is 21.2. The molecule has 0 bridgehead atoms. The number of carbonyl (C=O) groups excluding carboxylic acids is 1.